The summed E-state index contributed by atoms with van der Waals surface area (Å²) in [6, 6.07) is 14.7. The first-order chi connectivity index (χ1) is 15.7. The number of aryl methyl sites for hydroxylation is 2. The molecule has 0 heterocycles. The molecule has 3 aromatic carbocycles. The third-order valence-electron chi connectivity index (χ3n) is 5.08. The zero-order valence-corrected chi connectivity index (χ0v) is 19.9. The van der Waals surface area contributed by atoms with Gasteiger partial charge in [-0.2, -0.15) is 0 Å². The molecule has 0 spiro atoms. The Bertz CT molecular complexity index is 1260. The lowest BCUT2D eigenvalue weighted by Gasteiger charge is -2.15. The van der Waals surface area contributed by atoms with Gasteiger partial charge < -0.3 is 19.5 Å². The maximum atomic E-state index is 13.0. The first-order valence-corrected chi connectivity index (χ1v) is 11.5. The number of anilines is 2. The molecule has 1 amide bonds. The highest BCUT2D eigenvalue weighted by molar-refractivity contribution is 7.92. The molecule has 0 aliphatic heterocycles. The summed E-state index contributed by atoms with van der Waals surface area (Å²) in [6.45, 7) is 3.54. The molecule has 3 aromatic rings. The van der Waals surface area contributed by atoms with Gasteiger partial charge in [0.05, 0.1) is 31.9 Å². The minimum absolute atomic E-state index is 0.0219. The van der Waals surface area contributed by atoms with Crippen LogP contribution in [0.25, 0.3) is 0 Å². The number of methoxy groups -OCH3 is 3. The molecule has 9 heteroatoms. The van der Waals surface area contributed by atoms with Gasteiger partial charge in [0.15, 0.2) is 11.5 Å². The van der Waals surface area contributed by atoms with Crippen LogP contribution < -0.4 is 24.2 Å². The van der Waals surface area contributed by atoms with Crippen molar-refractivity contribution >= 4 is 27.3 Å². The van der Waals surface area contributed by atoms with Crippen LogP contribution in [0.5, 0.6) is 17.2 Å². The van der Waals surface area contributed by atoms with Crippen LogP contribution in [0.1, 0.15) is 21.5 Å². The second-order valence-corrected chi connectivity index (χ2v) is 8.95. The maximum absolute atomic E-state index is 13.0. The summed E-state index contributed by atoms with van der Waals surface area (Å²) in [4.78, 5) is 13.0. The van der Waals surface area contributed by atoms with Gasteiger partial charge in [-0.15, -0.1) is 0 Å². The topological polar surface area (TPSA) is 103 Å². The van der Waals surface area contributed by atoms with Crippen LogP contribution in [0.15, 0.2) is 59.5 Å². The van der Waals surface area contributed by atoms with Gasteiger partial charge in [0.1, 0.15) is 0 Å². The molecule has 0 saturated carbocycles. The van der Waals surface area contributed by atoms with Gasteiger partial charge >= 0.3 is 0 Å². The number of ether oxygens (including phenoxy) is 3. The van der Waals surface area contributed by atoms with E-state index in [9.17, 15) is 13.2 Å². The van der Waals surface area contributed by atoms with Gasteiger partial charge in [-0.3, -0.25) is 9.52 Å². The minimum atomic E-state index is -3.90. The maximum Gasteiger partial charge on any atom is 0.261 e. The van der Waals surface area contributed by atoms with Crippen molar-refractivity contribution in [2.75, 3.05) is 31.4 Å². The van der Waals surface area contributed by atoms with E-state index in [-0.39, 0.29) is 10.5 Å². The molecule has 0 aliphatic carbocycles. The molecule has 174 valence electrons. The molecule has 0 aromatic heterocycles. The summed E-state index contributed by atoms with van der Waals surface area (Å²) in [5, 5.41) is 2.77. The van der Waals surface area contributed by atoms with E-state index in [1.54, 1.807) is 37.3 Å². The molecule has 0 fully saturated rings. The molecular formula is C24H26N2O6S. The van der Waals surface area contributed by atoms with Crippen molar-refractivity contribution in [3.63, 3.8) is 0 Å². The largest absolute Gasteiger partial charge is 0.493 e. The van der Waals surface area contributed by atoms with E-state index >= 15 is 0 Å². The van der Waals surface area contributed by atoms with E-state index in [4.69, 9.17) is 14.2 Å². The Labute approximate surface area is 193 Å². The number of amides is 1. The Morgan fingerprint density at radius 2 is 1.45 bits per heavy atom. The summed E-state index contributed by atoms with van der Waals surface area (Å²) in [7, 11) is 0.537. The van der Waals surface area contributed by atoms with Crippen molar-refractivity contribution in [1.82, 2.24) is 0 Å². The van der Waals surface area contributed by atoms with Gasteiger partial charge in [0, 0.05) is 23.4 Å². The molecule has 0 aliphatic rings. The van der Waals surface area contributed by atoms with Crippen LogP contribution in [0.4, 0.5) is 11.4 Å². The Balaban J connectivity index is 1.92. The van der Waals surface area contributed by atoms with E-state index in [1.165, 1.54) is 33.5 Å². The standard InChI is InChI=1S/C24H26N2O6S/c1-15-10-11-18(33(28,29)26-20-9-7-6-8-16(20)2)14-19(15)24(27)25-17-12-21(30-3)23(32-5)22(13-17)31-4/h6-14,26H,1-5H3,(H,25,27). The summed E-state index contributed by atoms with van der Waals surface area (Å²) < 4.78 is 44.4. The number of para-hydroxylation sites is 1. The monoisotopic (exact) mass is 470 g/mol. The average Bonchev–Trinajstić information content (AvgIpc) is 2.79. The smallest absolute Gasteiger partial charge is 0.261 e. The number of rotatable bonds is 8. The predicted octanol–water partition coefficient (Wildman–Crippen LogP) is 4.38. The fourth-order valence-corrected chi connectivity index (χ4v) is 4.41. The number of hydrogen-bond donors (Lipinski definition) is 2. The normalized spacial score (nSPS) is 10.9. The first kappa shape index (κ1) is 23.9. The second-order valence-electron chi connectivity index (χ2n) is 7.27. The zero-order chi connectivity index (χ0) is 24.2. The Morgan fingerprint density at radius 3 is 2.03 bits per heavy atom. The van der Waals surface area contributed by atoms with Gasteiger partial charge in [-0.05, 0) is 43.2 Å². The van der Waals surface area contributed by atoms with Crippen molar-refractivity contribution < 1.29 is 27.4 Å². The van der Waals surface area contributed by atoms with E-state index in [1.807, 2.05) is 19.1 Å². The van der Waals surface area contributed by atoms with Crippen LogP contribution in [0.2, 0.25) is 0 Å². The minimum Gasteiger partial charge on any atom is -0.493 e. The van der Waals surface area contributed by atoms with Gasteiger partial charge in [0.2, 0.25) is 5.75 Å². The second kappa shape index (κ2) is 9.83. The van der Waals surface area contributed by atoms with Crippen molar-refractivity contribution in [3.05, 3.63) is 71.3 Å². The predicted molar refractivity (Wildman–Crippen MR) is 127 cm³/mol. The average molecular weight is 471 g/mol. The van der Waals surface area contributed by atoms with E-state index < -0.39 is 15.9 Å². The third kappa shape index (κ3) is 5.20. The number of benzene rings is 3. The molecule has 0 bridgehead atoms. The lowest BCUT2D eigenvalue weighted by atomic mass is 10.1. The van der Waals surface area contributed by atoms with E-state index in [0.717, 1.165) is 5.56 Å². The lowest BCUT2D eigenvalue weighted by Crippen LogP contribution is -2.17. The third-order valence-corrected chi connectivity index (χ3v) is 6.44. The molecule has 0 saturated heterocycles. The Morgan fingerprint density at radius 1 is 0.818 bits per heavy atom. The summed E-state index contributed by atoms with van der Waals surface area (Å²) in [5.41, 5.74) is 2.50. The Hall–Kier alpha value is -3.72. The van der Waals surface area contributed by atoms with Crippen molar-refractivity contribution in [2.24, 2.45) is 0 Å². The van der Waals surface area contributed by atoms with Crippen LogP contribution in [0, 0.1) is 13.8 Å². The fourth-order valence-electron chi connectivity index (χ4n) is 3.26. The number of hydrogen-bond acceptors (Lipinski definition) is 6. The highest BCUT2D eigenvalue weighted by Crippen LogP contribution is 2.40. The molecule has 0 radical (unpaired) electrons. The number of carbonyl (C=O) groups excluding carboxylic acids is 1. The molecule has 0 unspecified atom stereocenters. The fraction of sp³-hybridized carbons (Fsp3) is 0.208. The molecule has 0 atom stereocenters. The molecule has 33 heavy (non-hydrogen) atoms. The highest BCUT2D eigenvalue weighted by Gasteiger charge is 2.20. The van der Waals surface area contributed by atoms with Gasteiger partial charge in [-0.25, -0.2) is 8.42 Å². The first-order valence-electron chi connectivity index (χ1n) is 10.0. The molecule has 8 nitrogen and oxygen atoms in total. The van der Waals surface area contributed by atoms with Crippen LogP contribution in [-0.4, -0.2) is 35.7 Å². The lowest BCUT2D eigenvalue weighted by molar-refractivity contribution is 0.102. The zero-order valence-electron chi connectivity index (χ0n) is 19.1. The Kier molecular flexibility index (Phi) is 7.13. The van der Waals surface area contributed by atoms with Crippen molar-refractivity contribution in [1.29, 1.82) is 0 Å². The molecular weight excluding hydrogens is 444 g/mol. The van der Waals surface area contributed by atoms with E-state index in [0.29, 0.717) is 34.2 Å². The summed E-state index contributed by atoms with van der Waals surface area (Å²) >= 11 is 0. The number of sulfonamides is 1. The number of carbonyl (C=O) groups is 1. The van der Waals surface area contributed by atoms with Gasteiger partial charge in [-0.1, -0.05) is 24.3 Å². The summed E-state index contributed by atoms with van der Waals surface area (Å²) in [6.07, 6.45) is 0. The quantitative estimate of drug-likeness (QED) is 0.506. The van der Waals surface area contributed by atoms with Crippen molar-refractivity contribution in [2.45, 2.75) is 18.7 Å². The van der Waals surface area contributed by atoms with Crippen LogP contribution in [0.3, 0.4) is 0 Å². The van der Waals surface area contributed by atoms with E-state index in [2.05, 4.69) is 10.0 Å². The van der Waals surface area contributed by atoms with Crippen LogP contribution >= 0.6 is 0 Å². The van der Waals surface area contributed by atoms with Crippen LogP contribution in [-0.2, 0) is 10.0 Å². The number of nitrogens with one attached hydrogen (secondary N) is 2. The SMILES string of the molecule is COc1cc(NC(=O)c2cc(S(=O)(=O)Nc3ccccc3C)ccc2C)cc(OC)c1OC. The summed E-state index contributed by atoms with van der Waals surface area (Å²) in [5.74, 6) is 0.671. The highest BCUT2D eigenvalue weighted by atomic mass is 32.2. The van der Waals surface area contributed by atoms with Crippen molar-refractivity contribution in [3.8, 4) is 17.2 Å². The molecule has 2 N–H and O–H groups in total. The molecule has 3 rings (SSSR count). The van der Waals surface area contributed by atoms with Gasteiger partial charge in [0.25, 0.3) is 15.9 Å².